The predicted octanol–water partition coefficient (Wildman–Crippen LogP) is 3.92. The number of benzene rings is 2. The van der Waals surface area contributed by atoms with E-state index in [1.165, 1.54) is 12.1 Å². The maximum atomic E-state index is 13.4. The second-order valence-corrected chi connectivity index (χ2v) is 5.77. The summed E-state index contributed by atoms with van der Waals surface area (Å²) in [6, 6.07) is 11.8. The van der Waals surface area contributed by atoms with Gasteiger partial charge < -0.3 is 5.11 Å². The van der Waals surface area contributed by atoms with Gasteiger partial charge >= 0.3 is 5.97 Å². The van der Waals surface area contributed by atoms with Gasteiger partial charge in [0.1, 0.15) is 5.82 Å². The molecule has 5 heteroatoms. The van der Waals surface area contributed by atoms with E-state index in [0.717, 1.165) is 16.1 Å². The van der Waals surface area contributed by atoms with E-state index in [-0.39, 0.29) is 5.56 Å². The number of halogens is 2. The van der Waals surface area contributed by atoms with Gasteiger partial charge in [-0.05, 0) is 42.4 Å². The van der Waals surface area contributed by atoms with Crippen LogP contribution in [0.25, 0.3) is 0 Å². The molecule has 0 unspecified atom stereocenters. The third kappa shape index (κ3) is 4.37. The van der Waals surface area contributed by atoms with Crippen molar-refractivity contribution >= 4 is 21.9 Å². The molecular weight excluding hydrogens is 337 g/mol. The van der Waals surface area contributed by atoms with Crippen LogP contribution in [-0.2, 0) is 13.1 Å². The molecule has 0 atom stereocenters. The minimum atomic E-state index is -1.12. The molecule has 0 fully saturated rings. The molecule has 0 aliphatic heterocycles. The summed E-state index contributed by atoms with van der Waals surface area (Å²) in [5.74, 6) is -1.65. The van der Waals surface area contributed by atoms with Crippen LogP contribution in [0.5, 0.6) is 0 Å². The molecule has 2 aromatic rings. The van der Waals surface area contributed by atoms with Crippen LogP contribution in [0.15, 0.2) is 46.9 Å². The average Bonchev–Trinajstić information content (AvgIpc) is 2.40. The lowest BCUT2D eigenvalue weighted by molar-refractivity contribution is 0.0696. The number of carbonyl (C=O) groups is 1. The van der Waals surface area contributed by atoms with E-state index in [4.69, 9.17) is 5.11 Å². The number of nitrogens with zero attached hydrogens (tertiary/aromatic N) is 1. The van der Waals surface area contributed by atoms with E-state index in [2.05, 4.69) is 15.9 Å². The summed E-state index contributed by atoms with van der Waals surface area (Å²) in [6.07, 6.45) is 0. The first kappa shape index (κ1) is 15.7. The minimum Gasteiger partial charge on any atom is -0.478 e. The van der Waals surface area contributed by atoms with Crippen molar-refractivity contribution in [2.45, 2.75) is 13.1 Å². The fourth-order valence-corrected chi connectivity index (χ4v) is 2.56. The largest absolute Gasteiger partial charge is 0.478 e. The summed E-state index contributed by atoms with van der Waals surface area (Å²) in [5.41, 5.74) is 1.73. The Kier molecular flexibility index (Phi) is 5.09. The van der Waals surface area contributed by atoms with E-state index in [1.807, 2.05) is 36.2 Å². The zero-order valence-electron chi connectivity index (χ0n) is 11.5. The highest BCUT2D eigenvalue weighted by Gasteiger charge is 2.10. The quantitative estimate of drug-likeness (QED) is 0.887. The van der Waals surface area contributed by atoms with Crippen molar-refractivity contribution in [1.29, 1.82) is 0 Å². The van der Waals surface area contributed by atoms with Crippen LogP contribution in [-0.4, -0.2) is 23.0 Å². The maximum absolute atomic E-state index is 13.4. The van der Waals surface area contributed by atoms with Gasteiger partial charge in [-0.3, -0.25) is 4.90 Å². The Morgan fingerprint density at radius 2 is 1.95 bits per heavy atom. The van der Waals surface area contributed by atoms with Crippen molar-refractivity contribution in [3.63, 3.8) is 0 Å². The van der Waals surface area contributed by atoms with Crippen molar-refractivity contribution in [3.05, 3.63) is 69.4 Å². The van der Waals surface area contributed by atoms with Gasteiger partial charge in [0.05, 0.1) is 5.56 Å². The van der Waals surface area contributed by atoms with Crippen LogP contribution >= 0.6 is 15.9 Å². The molecule has 0 amide bonds. The standard InChI is InChI=1S/C16H15BrFNO2/c1-19(10-12-4-2-3-5-15(12)17)9-11-6-13(16(20)21)8-14(18)7-11/h2-8H,9-10H2,1H3,(H,20,21). The van der Waals surface area contributed by atoms with Crippen LogP contribution in [0, 0.1) is 5.82 Å². The summed E-state index contributed by atoms with van der Waals surface area (Å²) in [7, 11) is 1.91. The minimum absolute atomic E-state index is 0.0284. The highest BCUT2D eigenvalue weighted by atomic mass is 79.9. The van der Waals surface area contributed by atoms with Crippen molar-refractivity contribution in [2.24, 2.45) is 0 Å². The fraction of sp³-hybridized carbons (Fsp3) is 0.188. The summed E-state index contributed by atoms with van der Waals surface area (Å²) in [6.45, 7) is 1.15. The molecule has 0 aromatic heterocycles. The van der Waals surface area contributed by atoms with Gasteiger partial charge in [0.25, 0.3) is 0 Å². The second-order valence-electron chi connectivity index (χ2n) is 4.92. The number of carboxylic acids is 1. The highest BCUT2D eigenvalue weighted by Crippen LogP contribution is 2.19. The Bertz CT molecular complexity index is 660. The molecule has 110 valence electrons. The molecule has 1 N–H and O–H groups in total. The Morgan fingerprint density at radius 1 is 1.24 bits per heavy atom. The van der Waals surface area contributed by atoms with Gasteiger partial charge in [0.15, 0.2) is 0 Å². The first-order chi connectivity index (χ1) is 9.95. The van der Waals surface area contributed by atoms with Gasteiger partial charge in [0.2, 0.25) is 0 Å². The molecule has 0 saturated heterocycles. The molecule has 2 aromatic carbocycles. The lowest BCUT2D eigenvalue weighted by Crippen LogP contribution is -2.18. The molecule has 3 nitrogen and oxygen atoms in total. The van der Waals surface area contributed by atoms with E-state index >= 15 is 0 Å². The monoisotopic (exact) mass is 351 g/mol. The lowest BCUT2D eigenvalue weighted by atomic mass is 10.1. The Labute approximate surface area is 131 Å². The van der Waals surface area contributed by atoms with E-state index in [1.54, 1.807) is 0 Å². The fourth-order valence-electron chi connectivity index (χ4n) is 2.15. The van der Waals surface area contributed by atoms with Gasteiger partial charge in [-0.2, -0.15) is 0 Å². The smallest absolute Gasteiger partial charge is 0.335 e. The molecule has 0 aliphatic carbocycles. The van der Waals surface area contributed by atoms with Crippen LogP contribution in [0.4, 0.5) is 4.39 Å². The van der Waals surface area contributed by atoms with Crippen molar-refractivity contribution in [3.8, 4) is 0 Å². The first-order valence-corrected chi connectivity index (χ1v) is 7.19. The zero-order chi connectivity index (χ0) is 15.4. The number of carboxylic acid groups (broad SMARTS) is 1. The molecule has 0 heterocycles. The highest BCUT2D eigenvalue weighted by molar-refractivity contribution is 9.10. The second kappa shape index (κ2) is 6.83. The van der Waals surface area contributed by atoms with Crippen molar-refractivity contribution in [1.82, 2.24) is 4.90 Å². The summed E-state index contributed by atoms with van der Waals surface area (Å²) >= 11 is 3.49. The van der Waals surface area contributed by atoms with Crippen molar-refractivity contribution < 1.29 is 14.3 Å². The Balaban J connectivity index is 2.11. The lowest BCUT2D eigenvalue weighted by Gasteiger charge is -2.18. The Morgan fingerprint density at radius 3 is 2.62 bits per heavy atom. The third-order valence-corrected chi connectivity index (χ3v) is 3.83. The average molecular weight is 352 g/mol. The van der Waals surface area contributed by atoms with E-state index in [0.29, 0.717) is 18.7 Å². The topological polar surface area (TPSA) is 40.5 Å². The molecule has 2 rings (SSSR count). The number of aromatic carboxylic acids is 1. The SMILES string of the molecule is CN(Cc1cc(F)cc(C(=O)O)c1)Cc1ccccc1Br. The molecule has 0 saturated carbocycles. The molecule has 0 aliphatic rings. The van der Waals surface area contributed by atoms with Crippen LogP contribution in [0.3, 0.4) is 0 Å². The predicted molar refractivity (Wildman–Crippen MR) is 82.7 cm³/mol. The molecule has 21 heavy (non-hydrogen) atoms. The van der Waals surface area contributed by atoms with E-state index < -0.39 is 11.8 Å². The maximum Gasteiger partial charge on any atom is 0.335 e. The first-order valence-electron chi connectivity index (χ1n) is 6.40. The number of rotatable bonds is 5. The van der Waals surface area contributed by atoms with Crippen LogP contribution in [0.2, 0.25) is 0 Å². The van der Waals surface area contributed by atoms with Crippen molar-refractivity contribution in [2.75, 3.05) is 7.05 Å². The number of hydrogen-bond donors (Lipinski definition) is 1. The van der Waals surface area contributed by atoms with Gasteiger partial charge in [0, 0.05) is 17.6 Å². The summed E-state index contributed by atoms with van der Waals surface area (Å²) < 4.78 is 14.5. The molecule has 0 radical (unpaired) electrons. The Hall–Kier alpha value is -1.72. The van der Waals surface area contributed by atoms with Gasteiger partial charge in [-0.25, -0.2) is 9.18 Å². The summed E-state index contributed by atoms with van der Waals surface area (Å²) in [5, 5.41) is 8.95. The summed E-state index contributed by atoms with van der Waals surface area (Å²) in [4.78, 5) is 12.9. The van der Waals surface area contributed by atoms with Gasteiger partial charge in [-0.1, -0.05) is 34.1 Å². The molecular formula is C16H15BrFNO2. The molecule has 0 spiro atoms. The molecule has 0 bridgehead atoms. The zero-order valence-corrected chi connectivity index (χ0v) is 13.1. The van der Waals surface area contributed by atoms with Gasteiger partial charge in [-0.15, -0.1) is 0 Å². The van der Waals surface area contributed by atoms with Crippen LogP contribution in [0.1, 0.15) is 21.5 Å². The normalized spacial score (nSPS) is 10.9. The number of hydrogen-bond acceptors (Lipinski definition) is 2. The van der Waals surface area contributed by atoms with Crippen LogP contribution < -0.4 is 0 Å². The van der Waals surface area contributed by atoms with E-state index in [9.17, 15) is 9.18 Å². The third-order valence-electron chi connectivity index (χ3n) is 3.06.